The van der Waals surface area contributed by atoms with Gasteiger partial charge in [0.1, 0.15) is 11.4 Å². The number of aromatic nitrogens is 3. The monoisotopic (exact) mass is 542 g/mol. The van der Waals surface area contributed by atoms with E-state index < -0.39 is 5.91 Å². The third-order valence-electron chi connectivity index (χ3n) is 5.50. The molecule has 0 aliphatic rings. The number of carbonyl (C=O) groups is 1. The molecule has 0 aliphatic carbocycles. The first-order chi connectivity index (χ1) is 17.8. The molecule has 0 saturated carbocycles. The molecule has 0 unspecified atom stereocenters. The standard InChI is InChI=1S/C27H38N6O4S/c1-16-10-11-17(26(2,3)4)14-19(16)37-25-30-18(15-38-25)21(34)31-20-22(35-8)32-24(33-23(20)36-9)28-12-13-29-27(5,6)7/h10-11,14-15,29H,12-13H2,1-9H3,(H,31,34)(H,28,32,33). The highest BCUT2D eigenvalue weighted by Gasteiger charge is 2.22. The Morgan fingerprint density at radius 3 is 2.21 bits per heavy atom. The maximum absolute atomic E-state index is 13.0. The van der Waals surface area contributed by atoms with Gasteiger partial charge >= 0.3 is 0 Å². The van der Waals surface area contributed by atoms with Crippen LogP contribution in [0.5, 0.6) is 22.7 Å². The smallest absolute Gasteiger partial charge is 0.279 e. The third kappa shape index (κ3) is 7.78. The van der Waals surface area contributed by atoms with Crippen molar-refractivity contribution in [1.82, 2.24) is 20.3 Å². The molecule has 0 spiro atoms. The lowest BCUT2D eigenvalue weighted by Crippen LogP contribution is -2.38. The summed E-state index contributed by atoms with van der Waals surface area (Å²) in [5.41, 5.74) is 2.51. The zero-order valence-electron chi connectivity index (χ0n) is 23.6. The summed E-state index contributed by atoms with van der Waals surface area (Å²) < 4.78 is 16.9. The summed E-state index contributed by atoms with van der Waals surface area (Å²) in [6, 6.07) is 6.13. The van der Waals surface area contributed by atoms with E-state index in [0.29, 0.717) is 30.0 Å². The lowest BCUT2D eigenvalue weighted by Gasteiger charge is -2.20. The number of nitrogens with one attached hydrogen (secondary N) is 3. The summed E-state index contributed by atoms with van der Waals surface area (Å²) in [4.78, 5) is 26.2. The Balaban J connectivity index is 1.73. The van der Waals surface area contributed by atoms with E-state index in [-0.39, 0.29) is 34.1 Å². The molecular formula is C27H38N6O4S. The van der Waals surface area contributed by atoms with Crippen LogP contribution in [0.1, 0.15) is 63.2 Å². The topological polar surface area (TPSA) is 120 Å². The van der Waals surface area contributed by atoms with Crippen molar-refractivity contribution in [1.29, 1.82) is 0 Å². The molecule has 0 aliphatic heterocycles. The average molecular weight is 543 g/mol. The highest BCUT2D eigenvalue weighted by atomic mass is 32.1. The zero-order chi connectivity index (χ0) is 28.1. The molecule has 2 aromatic heterocycles. The van der Waals surface area contributed by atoms with Gasteiger partial charge in [0, 0.05) is 24.0 Å². The van der Waals surface area contributed by atoms with Crippen molar-refractivity contribution in [2.75, 3.05) is 37.9 Å². The van der Waals surface area contributed by atoms with Crippen molar-refractivity contribution in [3.63, 3.8) is 0 Å². The predicted molar refractivity (Wildman–Crippen MR) is 151 cm³/mol. The summed E-state index contributed by atoms with van der Waals surface area (Å²) in [7, 11) is 2.93. The predicted octanol–water partition coefficient (Wildman–Crippen LogP) is 5.40. The van der Waals surface area contributed by atoms with Crippen LogP contribution in [0.4, 0.5) is 11.6 Å². The third-order valence-corrected chi connectivity index (χ3v) is 6.22. The van der Waals surface area contributed by atoms with E-state index in [1.165, 1.54) is 25.6 Å². The molecule has 3 N–H and O–H groups in total. The van der Waals surface area contributed by atoms with Gasteiger partial charge in [-0.05, 0) is 50.3 Å². The highest BCUT2D eigenvalue weighted by Crippen LogP contribution is 2.35. The van der Waals surface area contributed by atoms with E-state index in [9.17, 15) is 4.79 Å². The van der Waals surface area contributed by atoms with Crippen LogP contribution in [0.15, 0.2) is 23.6 Å². The molecule has 0 bridgehead atoms. The van der Waals surface area contributed by atoms with Crippen LogP contribution in [0.25, 0.3) is 0 Å². The van der Waals surface area contributed by atoms with Crippen molar-refractivity contribution in [3.8, 4) is 22.7 Å². The molecular weight excluding hydrogens is 504 g/mol. The van der Waals surface area contributed by atoms with E-state index in [0.717, 1.165) is 11.1 Å². The minimum atomic E-state index is -0.466. The van der Waals surface area contributed by atoms with Crippen molar-refractivity contribution in [2.45, 2.75) is 59.4 Å². The van der Waals surface area contributed by atoms with Gasteiger partial charge in [0.25, 0.3) is 11.1 Å². The summed E-state index contributed by atoms with van der Waals surface area (Å²) in [6.07, 6.45) is 0. The molecule has 10 nitrogen and oxygen atoms in total. The highest BCUT2D eigenvalue weighted by molar-refractivity contribution is 7.11. The van der Waals surface area contributed by atoms with Gasteiger partial charge in [-0.2, -0.15) is 15.0 Å². The van der Waals surface area contributed by atoms with Crippen molar-refractivity contribution >= 4 is 28.9 Å². The van der Waals surface area contributed by atoms with Crippen LogP contribution in [0.3, 0.4) is 0 Å². The van der Waals surface area contributed by atoms with E-state index in [1.54, 1.807) is 5.38 Å². The van der Waals surface area contributed by atoms with Gasteiger partial charge in [0.2, 0.25) is 17.7 Å². The molecule has 3 aromatic rings. The van der Waals surface area contributed by atoms with Crippen molar-refractivity contribution in [3.05, 3.63) is 40.4 Å². The summed E-state index contributed by atoms with van der Waals surface area (Å²) in [5, 5.41) is 11.3. The van der Waals surface area contributed by atoms with E-state index in [4.69, 9.17) is 14.2 Å². The average Bonchev–Trinajstić information content (AvgIpc) is 3.31. The van der Waals surface area contributed by atoms with Crippen LogP contribution in [-0.2, 0) is 5.41 Å². The number of ether oxygens (including phenoxy) is 3. The number of hydrogen-bond donors (Lipinski definition) is 3. The molecule has 38 heavy (non-hydrogen) atoms. The molecule has 1 aromatic carbocycles. The largest absolute Gasteiger partial charge is 0.479 e. The van der Waals surface area contributed by atoms with E-state index in [1.807, 2.05) is 19.1 Å². The maximum Gasteiger partial charge on any atom is 0.279 e. The minimum absolute atomic E-state index is 0.00193. The Labute approximate surface area is 228 Å². The first-order valence-corrected chi connectivity index (χ1v) is 13.2. The Morgan fingerprint density at radius 1 is 0.974 bits per heavy atom. The van der Waals surface area contributed by atoms with Crippen LogP contribution < -0.4 is 30.2 Å². The molecule has 1 amide bonds. The zero-order valence-corrected chi connectivity index (χ0v) is 24.4. The molecule has 206 valence electrons. The molecule has 0 fully saturated rings. The SMILES string of the molecule is COc1nc(NCCNC(C)(C)C)nc(OC)c1NC(=O)c1csc(Oc2cc(C(C)(C)C)ccc2C)n1. The molecule has 2 heterocycles. The van der Waals surface area contributed by atoms with Gasteiger partial charge < -0.3 is 30.2 Å². The lowest BCUT2D eigenvalue weighted by molar-refractivity contribution is 0.102. The van der Waals surface area contributed by atoms with Gasteiger partial charge in [0.05, 0.1) is 14.2 Å². The van der Waals surface area contributed by atoms with Crippen LogP contribution in [0.2, 0.25) is 0 Å². The molecule has 3 rings (SSSR count). The Bertz CT molecular complexity index is 1240. The van der Waals surface area contributed by atoms with Gasteiger partial charge in [0.15, 0.2) is 5.69 Å². The van der Waals surface area contributed by atoms with Crippen LogP contribution in [-0.4, -0.2) is 53.7 Å². The fourth-order valence-electron chi connectivity index (χ4n) is 3.37. The quantitative estimate of drug-likeness (QED) is 0.289. The van der Waals surface area contributed by atoms with Crippen LogP contribution in [0, 0.1) is 6.92 Å². The fourth-order valence-corrected chi connectivity index (χ4v) is 4.03. The summed E-state index contributed by atoms with van der Waals surface area (Å²) >= 11 is 1.24. The van der Waals surface area contributed by atoms with Crippen molar-refractivity contribution in [2.24, 2.45) is 0 Å². The maximum atomic E-state index is 13.0. The number of nitrogens with zero attached hydrogens (tertiary/aromatic N) is 3. The normalized spacial score (nSPS) is 11.7. The Kier molecular flexibility index (Phi) is 9.16. The summed E-state index contributed by atoms with van der Waals surface area (Å²) in [5.74, 6) is 0.892. The van der Waals surface area contributed by atoms with Gasteiger partial charge in [-0.1, -0.05) is 44.2 Å². The Hall–Kier alpha value is -3.44. The fraction of sp³-hybridized carbons (Fsp3) is 0.481. The molecule has 0 atom stereocenters. The number of amides is 1. The number of thiazole rings is 1. The summed E-state index contributed by atoms with van der Waals surface area (Å²) in [6.45, 7) is 16.0. The van der Waals surface area contributed by atoms with Crippen LogP contribution >= 0.6 is 11.3 Å². The minimum Gasteiger partial charge on any atom is -0.479 e. The first kappa shape index (κ1) is 29.1. The van der Waals surface area contributed by atoms with E-state index >= 15 is 0 Å². The lowest BCUT2D eigenvalue weighted by atomic mass is 9.86. The van der Waals surface area contributed by atoms with Gasteiger partial charge in [-0.15, -0.1) is 0 Å². The first-order valence-electron chi connectivity index (χ1n) is 12.4. The number of benzene rings is 1. The number of carbonyl (C=O) groups excluding carboxylic acids is 1. The number of methoxy groups -OCH3 is 2. The molecule has 0 saturated heterocycles. The number of rotatable bonds is 10. The number of hydrogen-bond acceptors (Lipinski definition) is 10. The second kappa shape index (κ2) is 12.0. The Morgan fingerprint density at radius 2 is 1.63 bits per heavy atom. The number of anilines is 2. The second-order valence-corrected chi connectivity index (χ2v) is 11.7. The molecule has 0 radical (unpaired) electrons. The number of aryl methyl sites for hydroxylation is 1. The van der Waals surface area contributed by atoms with Gasteiger partial charge in [-0.3, -0.25) is 4.79 Å². The van der Waals surface area contributed by atoms with Gasteiger partial charge in [-0.25, -0.2) is 0 Å². The van der Waals surface area contributed by atoms with Crippen molar-refractivity contribution < 1.29 is 19.0 Å². The second-order valence-electron chi connectivity index (χ2n) is 10.8. The van der Waals surface area contributed by atoms with E-state index in [2.05, 4.69) is 78.5 Å². The molecule has 11 heteroatoms.